The van der Waals surface area contributed by atoms with Gasteiger partial charge < -0.3 is 14.4 Å². The molecule has 2 aromatic rings. The monoisotopic (exact) mass is 351 g/mol. The van der Waals surface area contributed by atoms with Crippen molar-refractivity contribution in [2.75, 3.05) is 18.6 Å². The first-order chi connectivity index (χ1) is 12.3. The Labute approximate surface area is 157 Å². The van der Waals surface area contributed by atoms with Gasteiger partial charge in [0, 0.05) is 17.9 Å². The van der Waals surface area contributed by atoms with Gasteiger partial charge in [0.2, 0.25) is 0 Å². The van der Waals surface area contributed by atoms with Crippen molar-refractivity contribution < 1.29 is 9.47 Å². The number of methoxy groups -OCH3 is 1. The second-order valence-corrected chi connectivity index (χ2v) is 8.07. The minimum absolute atomic E-state index is 0.193. The van der Waals surface area contributed by atoms with Gasteiger partial charge in [-0.2, -0.15) is 0 Å². The Hall–Kier alpha value is -2.42. The van der Waals surface area contributed by atoms with Gasteiger partial charge in [0.25, 0.3) is 0 Å². The summed E-state index contributed by atoms with van der Waals surface area (Å²) in [6.07, 6.45) is 1.11. The highest BCUT2D eigenvalue weighted by Gasteiger charge is 2.33. The van der Waals surface area contributed by atoms with Crippen LogP contribution in [-0.2, 0) is 0 Å². The number of nitrogens with zero attached hydrogens (tertiary/aromatic N) is 1. The first kappa shape index (κ1) is 18.4. The van der Waals surface area contributed by atoms with Gasteiger partial charge in [0.05, 0.1) is 7.11 Å². The molecule has 138 valence electrons. The molecule has 1 aliphatic heterocycles. The molecule has 1 heterocycles. The van der Waals surface area contributed by atoms with Crippen LogP contribution in [0.5, 0.6) is 17.2 Å². The van der Waals surface area contributed by atoms with E-state index in [9.17, 15) is 0 Å². The Morgan fingerprint density at radius 2 is 1.81 bits per heavy atom. The van der Waals surface area contributed by atoms with Crippen molar-refractivity contribution in [3.63, 3.8) is 0 Å². The summed E-state index contributed by atoms with van der Waals surface area (Å²) < 4.78 is 11.6. The molecule has 1 atom stereocenters. The molecule has 0 N–H and O–H groups in total. The second-order valence-electron chi connectivity index (χ2n) is 8.07. The van der Waals surface area contributed by atoms with Gasteiger partial charge in [0.1, 0.15) is 5.75 Å². The molecular weight excluding hydrogens is 322 g/mol. The van der Waals surface area contributed by atoms with E-state index < -0.39 is 0 Å². The van der Waals surface area contributed by atoms with Crippen LogP contribution in [0.1, 0.15) is 45.6 Å². The lowest BCUT2D eigenvalue weighted by Crippen LogP contribution is -2.33. The van der Waals surface area contributed by atoms with Crippen LogP contribution in [0.2, 0.25) is 0 Å². The zero-order valence-electron chi connectivity index (χ0n) is 16.5. The Balaban J connectivity index is 2.02. The highest BCUT2D eigenvalue weighted by atomic mass is 16.5. The first-order valence-corrected chi connectivity index (χ1v) is 9.19. The van der Waals surface area contributed by atoms with Crippen molar-refractivity contribution in [3.05, 3.63) is 60.3 Å². The number of benzene rings is 2. The van der Waals surface area contributed by atoms with Crippen molar-refractivity contribution in [1.82, 2.24) is 0 Å². The molecule has 0 radical (unpaired) electrons. The van der Waals surface area contributed by atoms with E-state index in [1.54, 1.807) is 7.11 Å². The van der Waals surface area contributed by atoms with E-state index in [0.29, 0.717) is 5.92 Å². The number of anilines is 1. The molecule has 1 unspecified atom stereocenters. The maximum Gasteiger partial charge on any atom is 0.169 e. The second kappa shape index (κ2) is 7.06. The molecule has 0 saturated heterocycles. The summed E-state index contributed by atoms with van der Waals surface area (Å²) in [4.78, 5) is 2.31. The molecule has 3 rings (SSSR count). The standard InChI is InChI=1S/C23H29NO2/c1-16(2)24-14-13-19(23(3,4)5)18-15-17(11-12-20(18)24)26-22-10-8-7-9-21(22)25-6/h7-12,15,19H,1,13-14H2,2-6H3. The average Bonchev–Trinajstić information content (AvgIpc) is 2.60. The van der Waals surface area contributed by atoms with E-state index in [1.807, 2.05) is 30.3 Å². The normalized spacial score (nSPS) is 16.8. The van der Waals surface area contributed by atoms with Crippen LogP contribution in [0.3, 0.4) is 0 Å². The average molecular weight is 351 g/mol. The van der Waals surface area contributed by atoms with E-state index in [-0.39, 0.29) is 5.41 Å². The van der Waals surface area contributed by atoms with Crippen LogP contribution in [0.25, 0.3) is 0 Å². The summed E-state index contributed by atoms with van der Waals surface area (Å²) in [5.41, 5.74) is 3.85. The topological polar surface area (TPSA) is 21.7 Å². The fraction of sp³-hybridized carbons (Fsp3) is 0.391. The molecule has 3 nitrogen and oxygen atoms in total. The number of hydrogen-bond acceptors (Lipinski definition) is 3. The van der Waals surface area contributed by atoms with Gasteiger partial charge in [0.15, 0.2) is 11.5 Å². The van der Waals surface area contributed by atoms with Crippen molar-refractivity contribution >= 4 is 5.69 Å². The Morgan fingerprint density at radius 3 is 2.42 bits per heavy atom. The van der Waals surface area contributed by atoms with Crippen LogP contribution in [0.4, 0.5) is 5.69 Å². The zero-order valence-corrected chi connectivity index (χ0v) is 16.5. The first-order valence-electron chi connectivity index (χ1n) is 9.19. The van der Waals surface area contributed by atoms with E-state index in [2.05, 4.69) is 51.3 Å². The van der Waals surface area contributed by atoms with E-state index in [4.69, 9.17) is 9.47 Å². The quantitative estimate of drug-likeness (QED) is 0.639. The minimum Gasteiger partial charge on any atom is -0.493 e. The van der Waals surface area contributed by atoms with Crippen LogP contribution in [-0.4, -0.2) is 13.7 Å². The number of ether oxygens (including phenoxy) is 2. The lowest BCUT2D eigenvalue weighted by molar-refractivity contribution is 0.300. The number of hydrogen-bond donors (Lipinski definition) is 0. The van der Waals surface area contributed by atoms with Crippen molar-refractivity contribution in [2.45, 2.75) is 40.0 Å². The molecule has 0 amide bonds. The van der Waals surface area contributed by atoms with Gasteiger partial charge >= 0.3 is 0 Å². The van der Waals surface area contributed by atoms with Crippen molar-refractivity contribution in [1.29, 1.82) is 0 Å². The number of para-hydroxylation sites is 2. The molecule has 3 heteroatoms. The summed E-state index contributed by atoms with van der Waals surface area (Å²) in [5.74, 6) is 2.79. The number of fused-ring (bicyclic) bond motifs is 1. The third-order valence-corrected chi connectivity index (χ3v) is 5.11. The van der Waals surface area contributed by atoms with Crippen LogP contribution < -0.4 is 14.4 Å². The maximum atomic E-state index is 6.16. The molecule has 0 saturated carbocycles. The lowest BCUT2D eigenvalue weighted by Gasteiger charge is -2.41. The van der Waals surface area contributed by atoms with E-state index in [0.717, 1.165) is 35.9 Å². The molecule has 2 aromatic carbocycles. The molecule has 0 aromatic heterocycles. The SMILES string of the molecule is C=C(C)N1CCC(C(C)(C)C)c2cc(Oc3ccccc3OC)ccc21. The van der Waals surface area contributed by atoms with Crippen molar-refractivity contribution in [2.24, 2.45) is 5.41 Å². The predicted molar refractivity (Wildman–Crippen MR) is 108 cm³/mol. The van der Waals surface area contributed by atoms with Gasteiger partial charge in [-0.05, 0) is 60.6 Å². The Bertz CT molecular complexity index is 804. The highest BCUT2D eigenvalue weighted by Crippen LogP contribution is 2.47. The van der Waals surface area contributed by atoms with Crippen molar-refractivity contribution in [3.8, 4) is 17.2 Å². The number of rotatable bonds is 4. The summed E-state index contributed by atoms with van der Waals surface area (Å²) in [5, 5.41) is 0. The number of allylic oxidation sites excluding steroid dienone is 1. The largest absolute Gasteiger partial charge is 0.493 e. The van der Waals surface area contributed by atoms with Crippen LogP contribution in [0.15, 0.2) is 54.7 Å². The summed E-state index contributed by atoms with van der Waals surface area (Å²) in [6, 6.07) is 14.1. The van der Waals surface area contributed by atoms with Gasteiger partial charge in [-0.1, -0.05) is 39.5 Å². The van der Waals surface area contributed by atoms with Gasteiger partial charge in [-0.15, -0.1) is 0 Å². The molecule has 1 aliphatic rings. The smallest absolute Gasteiger partial charge is 0.169 e. The summed E-state index contributed by atoms with van der Waals surface area (Å²) in [6.45, 7) is 14.2. The van der Waals surface area contributed by atoms with Crippen LogP contribution >= 0.6 is 0 Å². The maximum absolute atomic E-state index is 6.16. The molecular formula is C23H29NO2. The molecule has 0 aliphatic carbocycles. The third-order valence-electron chi connectivity index (χ3n) is 5.11. The molecule has 0 spiro atoms. The third kappa shape index (κ3) is 3.57. The Kier molecular flexibility index (Phi) is 4.99. The fourth-order valence-corrected chi connectivity index (χ4v) is 3.78. The van der Waals surface area contributed by atoms with Gasteiger partial charge in [-0.3, -0.25) is 0 Å². The fourth-order valence-electron chi connectivity index (χ4n) is 3.78. The van der Waals surface area contributed by atoms with Crippen LogP contribution in [0, 0.1) is 5.41 Å². The Morgan fingerprint density at radius 1 is 1.12 bits per heavy atom. The van der Waals surface area contributed by atoms with Gasteiger partial charge in [-0.25, -0.2) is 0 Å². The lowest BCUT2D eigenvalue weighted by atomic mass is 9.72. The molecule has 26 heavy (non-hydrogen) atoms. The van der Waals surface area contributed by atoms with E-state index in [1.165, 1.54) is 11.3 Å². The summed E-state index contributed by atoms with van der Waals surface area (Å²) in [7, 11) is 1.66. The zero-order chi connectivity index (χ0) is 18.9. The molecule has 0 bridgehead atoms. The van der Waals surface area contributed by atoms with E-state index >= 15 is 0 Å². The minimum atomic E-state index is 0.193. The highest BCUT2D eigenvalue weighted by molar-refractivity contribution is 5.63. The summed E-state index contributed by atoms with van der Waals surface area (Å²) >= 11 is 0. The predicted octanol–water partition coefficient (Wildman–Crippen LogP) is 6.36. The molecule has 0 fully saturated rings.